The van der Waals surface area contributed by atoms with Crippen LogP contribution in [0.15, 0.2) is 30.3 Å². The third-order valence-corrected chi connectivity index (χ3v) is 3.73. The number of carbonyl (C=O) groups is 1. The van der Waals surface area contributed by atoms with Gasteiger partial charge in [-0.3, -0.25) is 4.79 Å². The number of likely N-dealkylation sites (tertiary alicyclic amines) is 1. The Labute approximate surface area is 101 Å². The van der Waals surface area contributed by atoms with Crippen LogP contribution in [0.1, 0.15) is 23.7 Å². The maximum atomic E-state index is 12.2. The number of ether oxygens (including phenoxy) is 1. The van der Waals surface area contributed by atoms with Crippen molar-refractivity contribution >= 4 is 5.91 Å². The summed E-state index contributed by atoms with van der Waals surface area (Å²) in [4.78, 5) is 14.2. The number of rotatable bonds is 1. The van der Waals surface area contributed by atoms with E-state index in [2.05, 4.69) is 6.92 Å². The molecular formula is C14H17NO2. The Morgan fingerprint density at radius 3 is 2.76 bits per heavy atom. The molecule has 2 saturated heterocycles. The standard InChI is InChI=1S/C14H17NO2/c1-10-7-12-8-15(9-13(12)17-10)14(16)11-5-3-2-4-6-11/h2-6,10,12-13H,7-9H2,1H3/t10-,12+,13-/m1/s1. The fourth-order valence-electron chi connectivity index (χ4n) is 2.93. The van der Waals surface area contributed by atoms with Gasteiger partial charge in [0, 0.05) is 24.6 Å². The number of benzene rings is 1. The van der Waals surface area contributed by atoms with Crippen LogP contribution in [-0.4, -0.2) is 36.1 Å². The number of fused-ring (bicyclic) bond motifs is 1. The highest BCUT2D eigenvalue weighted by atomic mass is 16.5. The van der Waals surface area contributed by atoms with Gasteiger partial charge >= 0.3 is 0 Å². The first-order valence-electron chi connectivity index (χ1n) is 6.24. The Kier molecular flexibility index (Phi) is 2.63. The highest BCUT2D eigenvalue weighted by Gasteiger charge is 2.41. The minimum absolute atomic E-state index is 0.135. The van der Waals surface area contributed by atoms with Gasteiger partial charge in [-0.15, -0.1) is 0 Å². The van der Waals surface area contributed by atoms with Crippen molar-refractivity contribution in [2.75, 3.05) is 13.1 Å². The van der Waals surface area contributed by atoms with E-state index in [1.165, 1.54) is 0 Å². The maximum Gasteiger partial charge on any atom is 0.253 e. The Balaban J connectivity index is 1.70. The number of nitrogens with zero attached hydrogens (tertiary/aromatic N) is 1. The molecule has 3 rings (SSSR count). The van der Waals surface area contributed by atoms with Gasteiger partial charge < -0.3 is 9.64 Å². The van der Waals surface area contributed by atoms with E-state index in [4.69, 9.17) is 4.74 Å². The molecule has 0 aliphatic carbocycles. The second kappa shape index (κ2) is 4.15. The molecule has 2 heterocycles. The van der Waals surface area contributed by atoms with Crippen LogP contribution in [0.3, 0.4) is 0 Å². The molecule has 1 aromatic rings. The summed E-state index contributed by atoms with van der Waals surface area (Å²) in [7, 11) is 0. The van der Waals surface area contributed by atoms with E-state index in [0.717, 1.165) is 25.1 Å². The average molecular weight is 231 g/mol. The lowest BCUT2D eigenvalue weighted by molar-refractivity contribution is 0.0443. The Hall–Kier alpha value is -1.35. The molecule has 3 nitrogen and oxygen atoms in total. The number of hydrogen-bond donors (Lipinski definition) is 0. The zero-order valence-corrected chi connectivity index (χ0v) is 10.0. The molecule has 0 spiro atoms. The highest BCUT2D eigenvalue weighted by molar-refractivity contribution is 5.94. The molecule has 17 heavy (non-hydrogen) atoms. The van der Waals surface area contributed by atoms with Crippen molar-refractivity contribution in [2.24, 2.45) is 5.92 Å². The summed E-state index contributed by atoms with van der Waals surface area (Å²) in [5.74, 6) is 0.675. The summed E-state index contributed by atoms with van der Waals surface area (Å²) >= 11 is 0. The fourth-order valence-corrected chi connectivity index (χ4v) is 2.93. The van der Waals surface area contributed by atoms with Gasteiger partial charge in [-0.2, -0.15) is 0 Å². The van der Waals surface area contributed by atoms with E-state index in [-0.39, 0.29) is 12.0 Å². The van der Waals surface area contributed by atoms with Gasteiger partial charge in [0.15, 0.2) is 0 Å². The molecular weight excluding hydrogens is 214 g/mol. The predicted octanol–water partition coefficient (Wildman–Crippen LogP) is 1.94. The van der Waals surface area contributed by atoms with Crippen LogP contribution in [0, 0.1) is 5.92 Å². The van der Waals surface area contributed by atoms with Gasteiger partial charge in [0.2, 0.25) is 0 Å². The Bertz CT molecular complexity index is 403. The van der Waals surface area contributed by atoms with Crippen LogP contribution in [0.2, 0.25) is 0 Å². The molecule has 0 radical (unpaired) electrons. The van der Waals surface area contributed by atoms with Crippen molar-refractivity contribution in [1.82, 2.24) is 4.90 Å². The van der Waals surface area contributed by atoms with Crippen LogP contribution in [0.5, 0.6) is 0 Å². The van der Waals surface area contributed by atoms with E-state index < -0.39 is 0 Å². The monoisotopic (exact) mass is 231 g/mol. The van der Waals surface area contributed by atoms with Crippen LogP contribution in [0.4, 0.5) is 0 Å². The zero-order chi connectivity index (χ0) is 11.8. The molecule has 90 valence electrons. The van der Waals surface area contributed by atoms with Crippen LogP contribution in [0.25, 0.3) is 0 Å². The molecule has 2 aliphatic heterocycles. The SMILES string of the molecule is C[C@@H]1C[C@H]2CN(C(=O)c3ccccc3)C[C@H]2O1. The van der Waals surface area contributed by atoms with Crippen molar-refractivity contribution < 1.29 is 9.53 Å². The van der Waals surface area contributed by atoms with Crippen LogP contribution < -0.4 is 0 Å². The molecule has 1 aromatic carbocycles. The molecule has 3 heteroatoms. The molecule has 2 fully saturated rings. The number of hydrogen-bond acceptors (Lipinski definition) is 2. The predicted molar refractivity (Wildman–Crippen MR) is 64.8 cm³/mol. The Morgan fingerprint density at radius 2 is 2.06 bits per heavy atom. The first kappa shape index (κ1) is 10.8. The van der Waals surface area contributed by atoms with Gasteiger partial charge in [-0.05, 0) is 25.5 Å². The maximum absolute atomic E-state index is 12.2. The van der Waals surface area contributed by atoms with Gasteiger partial charge in [-0.25, -0.2) is 0 Å². The van der Waals surface area contributed by atoms with E-state index >= 15 is 0 Å². The van der Waals surface area contributed by atoms with Crippen molar-refractivity contribution in [3.8, 4) is 0 Å². The number of carbonyl (C=O) groups excluding carboxylic acids is 1. The average Bonchev–Trinajstić information content (AvgIpc) is 2.86. The molecule has 1 amide bonds. The minimum Gasteiger partial charge on any atom is -0.373 e. The Morgan fingerprint density at radius 1 is 1.29 bits per heavy atom. The second-order valence-corrected chi connectivity index (χ2v) is 5.06. The quantitative estimate of drug-likeness (QED) is 0.739. The van der Waals surface area contributed by atoms with E-state index in [1.807, 2.05) is 35.2 Å². The summed E-state index contributed by atoms with van der Waals surface area (Å²) < 4.78 is 5.81. The molecule has 0 saturated carbocycles. The normalized spacial score (nSPS) is 31.6. The first-order chi connectivity index (χ1) is 8.24. The smallest absolute Gasteiger partial charge is 0.253 e. The van der Waals surface area contributed by atoms with Crippen molar-refractivity contribution in [3.63, 3.8) is 0 Å². The molecule has 2 aliphatic rings. The summed E-state index contributed by atoms with van der Waals surface area (Å²) in [6.07, 6.45) is 1.71. The highest BCUT2D eigenvalue weighted by Crippen LogP contribution is 2.33. The molecule has 0 unspecified atom stereocenters. The third kappa shape index (κ3) is 1.95. The first-order valence-corrected chi connectivity index (χ1v) is 6.24. The van der Waals surface area contributed by atoms with Crippen molar-refractivity contribution in [3.05, 3.63) is 35.9 Å². The lowest BCUT2D eigenvalue weighted by Crippen LogP contribution is -2.31. The summed E-state index contributed by atoms with van der Waals surface area (Å²) in [6.45, 7) is 3.72. The van der Waals surface area contributed by atoms with Gasteiger partial charge in [-0.1, -0.05) is 18.2 Å². The van der Waals surface area contributed by atoms with Crippen molar-refractivity contribution in [2.45, 2.75) is 25.6 Å². The van der Waals surface area contributed by atoms with Crippen LogP contribution >= 0.6 is 0 Å². The topological polar surface area (TPSA) is 29.5 Å². The number of amides is 1. The molecule has 3 atom stereocenters. The third-order valence-electron chi connectivity index (χ3n) is 3.73. The summed E-state index contributed by atoms with van der Waals surface area (Å²) in [5.41, 5.74) is 0.778. The summed E-state index contributed by atoms with van der Waals surface area (Å²) in [5, 5.41) is 0. The zero-order valence-electron chi connectivity index (χ0n) is 10.0. The second-order valence-electron chi connectivity index (χ2n) is 5.06. The molecule has 0 aromatic heterocycles. The van der Waals surface area contributed by atoms with E-state index in [9.17, 15) is 4.79 Å². The van der Waals surface area contributed by atoms with E-state index in [1.54, 1.807) is 0 Å². The van der Waals surface area contributed by atoms with Crippen LogP contribution in [-0.2, 0) is 4.74 Å². The van der Waals surface area contributed by atoms with Gasteiger partial charge in [0.1, 0.15) is 0 Å². The van der Waals surface area contributed by atoms with Gasteiger partial charge in [0.25, 0.3) is 5.91 Å². The minimum atomic E-state index is 0.135. The largest absolute Gasteiger partial charge is 0.373 e. The molecule has 0 N–H and O–H groups in total. The lowest BCUT2D eigenvalue weighted by atomic mass is 10.0. The van der Waals surface area contributed by atoms with Crippen molar-refractivity contribution in [1.29, 1.82) is 0 Å². The van der Waals surface area contributed by atoms with E-state index in [0.29, 0.717) is 12.0 Å². The molecule has 0 bridgehead atoms. The lowest BCUT2D eigenvalue weighted by Gasteiger charge is -2.18. The van der Waals surface area contributed by atoms with Gasteiger partial charge in [0.05, 0.1) is 12.2 Å². The summed E-state index contributed by atoms with van der Waals surface area (Å²) in [6, 6.07) is 9.49. The fraction of sp³-hybridized carbons (Fsp3) is 0.500.